The van der Waals surface area contributed by atoms with Crippen molar-refractivity contribution in [2.24, 2.45) is 0 Å². The van der Waals surface area contributed by atoms with Crippen molar-refractivity contribution >= 4 is 5.97 Å². The molecule has 118 valence electrons. The van der Waals surface area contributed by atoms with E-state index in [1.807, 2.05) is 26.0 Å². The van der Waals surface area contributed by atoms with E-state index in [0.29, 0.717) is 19.6 Å². The minimum atomic E-state index is -0.0850. The highest BCUT2D eigenvalue weighted by Crippen LogP contribution is 2.13. The number of carbonyl (C=O) groups is 1. The molecule has 0 aromatic heterocycles. The Labute approximate surface area is 127 Å². The third-order valence-corrected chi connectivity index (χ3v) is 3.08. The van der Waals surface area contributed by atoms with Gasteiger partial charge in [-0.2, -0.15) is 0 Å². The second kappa shape index (κ2) is 11.1. The summed E-state index contributed by atoms with van der Waals surface area (Å²) in [5.41, 5.74) is 1.23. The Morgan fingerprint density at radius 2 is 2.00 bits per heavy atom. The van der Waals surface area contributed by atoms with Crippen molar-refractivity contribution in [3.8, 4) is 5.75 Å². The molecule has 0 aliphatic rings. The Hall–Kier alpha value is -1.55. The van der Waals surface area contributed by atoms with Crippen molar-refractivity contribution in [1.82, 2.24) is 5.32 Å². The van der Waals surface area contributed by atoms with Gasteiger partial charge in [-0.1, -0.05) is 18.6 Å². The first-order valence-corrected chi connectivity index (χ1v) is 7.84. The molecule has 0 fully saturated rings. The van der Waals surface area contributed by atoms with Gasteiger partial charge >= 0.3 is 5.97 Å². The fraction of sp³-hybridized carbons (Fsp3) is 0.588. The third kappa shape index (κ3) is 8.35. The summed E-state index contributed by atoms with van der Waals surface area (Å²) in [4.78, 5) is 11.2. The lowest BCUT2D eigenvalue weighted by Gasteiger charge is -2.07. The van der Waals surface area contributed by atoms with Gasteiger partial charge in [0.1, 0.15) is 5.75 Å². The van der Waals surface area contributed by atoms with E-state index in [0.717, 1.165) is 38.1 Å². The summed E-state index contributed by atoms with van der Waals surface area (Å²) in [7, 11) is 0. The van der Waals surface area contributed by atoms with E-state index in [1.165, 1.54) is 5.56 Å². The molecule has 0 aliphatic heterocycles. The molecule has 0 unspecified atom stereocenters. The number of unbranched alkanes of at least 4 members (excludes halogenated alkanes) is 2. The van der Waals surface area contributed by atoms with Gasteiger partial charge in [0, 0.05) is 13.0 Å². The van der Waals surface area contributed by atoms with Crippen molar-refractivity contribution in [1.29, 1.82) is 0 Å². The summed E-state index contributed by atoms with van der Waals surface area (Å²) in [6.45, 7) is 6.79. The Bertz CT molecular complexity index is 407. The Morgan fingerprint density at radius 1 is 1.14 bits per heavy atom. The zero-order chi connectivity index (χ0) is 15.3. The van der Waals surface area contributed by atoms with Crippen molar-refractivity contribution in [2.45, 2.75) is 46.1 Å². The van der Waals surface area contributed by atoms with E-state index < -0.39 is 0 Å². The van der Waals surface area contributed by atoms with Crippen LogP contribution in [0.3, 0.4) is 0 Å². The van der Waals surface area contributed by atoms with Crippen LogP contribution >= 0.6 is 0 Å². The van der Waals surface area contributed by atoms with Gasteiger partial charge in [0.2, 0.25) is 0 Å². The summed E-state index contributed by atoms with van der Waals surface area (Å²) in [5.74, 6) is 0.837. The van der Waals surface area contributed by atoms with Crippen LogP contribution in [0.1, 0.15) is 45.1 Å². The quantitative estimate of drug-likeness (QED) is 0.502. The van der Waals surface area contributed by atoms with Gasteiger partial charge in [-0.25, -0.2) is 0 Å². The van der Waals surface area contributed by atoms with E-state index in [-0.39, 0.29) is 5.97 Å². The standard InChI is InChI=1S/C17H27NO3/c1-3-20-16-10-8-9-15(13-16)14-18-12-7-5-6-11-17(19)21-4-2/h8-10,13,18H,3-7,11-12,14H2,1-2H3. The zero-order valence-corrected chi connectivity index (χ0v) is 13.2. The highest BCUT2D eigenvalue weighted by atomic mass is 16.5. The van der Waals surface area contributed by atoms with Gasteiger partial charge in [0.25, 0.3) is 0 Å². The van der Waals surface area contributed by atoms with Crippen LogP contribution in [0.5, 0.6) is 5.75 Å². The number of rotatable bonds is 11. The smallest absolute Gasteiger partial charge is 0.305 e. The van der Waals surface area contributed by atoms with Gasteiger partial charge in [-0.15, -0.1) is 0 Å². The Kier molecular flexibility index (Phi) is 9.29. The lowest BCUT2D eigenvalue weighted by molar-refractivity contribution is -0.143. The average molecular weight is 293 g/mol. The summed E-state index contributed by atoms with van der Waals surface area (Å²) in [6, 6.07) is 8.15. The van der Waals surface area contributed by atoms with E-state index in [4.69, 9.17) is 9.47 Å². The molecule has 0 bridgehead atoms. The minimum absolute atomic E-state index is 0.0850. The van der Waals surface area contributed by atoms with Gasteiger partial charge < -0.3 is 14.8 Å². The molecule has 1 aromatic rings. The molecule has 0 saturated carbocycles. The van der Waals surface area contributed by atoms with Crippen LogP contribution < -0.4 is 10.1 Å². The maximum atomic E-state index is 11.2. The first-order valence-electron chi connectivity index (χ1n) is 7.84. The number of hydrogen-bond donors (Lipinski definition) is 1. The summed E-state index contributed by atoms with van der Waals surface area (Å²) in [5, 5.41) is 3.41. The zero-order valence-electron chi connectivity index (χ0n) is 13.2. The molecule has 4 heteroatoms. The first kappa shape index (κ1) is 17.5. The number of hydrogen-bond acceptors (Lipinski definition) is 4. The Morgan fingerprint density at radius 3 is 2.76 bits per heavy atom. The van der Waals surface area contributed by atoms with Gasteiger partial charge in [-0.3, -0.25) is 4.79 Å². The minimum Gasteiger partial charge on any atom is -0.494 e. The lowest BCUT2D eigenvalue weighted by atomic mass is 10.2. The molecule has 0 amide bonds. The van der Waals surface area contributed by atoms with Crippen LogP contribution in [0.25, 0.3) is 0 Å². The summed E-state index contributed by atoms with van der Waals surface area (Å²) in [6.07, 6.45) is 3.56. The maximum absolute atomic E-state index is 11.2. The molecule has 1 aromatic carbocycles. The maximum Gasteiger partial charge on any atom is 0.305 e. The molecule has 0 atom stereocenters. The second-order valence-corrected chi connectivity index (χ2v) is 4.87. The van der Waals surface area contributed by atoms with E-state index in [2.05, 4.69) is 17.4 Å². The topological polar surface area (TPSA) is 47.6 Å². The highest BCUT2D eigenvalue weighted by molar-refractivity contribution is 5.69. The fourth-order valence-corrected chi connectivity index (χ4v) is 2.07. The second-order valence-electron chi connectivity index (χ2n) is 4.87. The lowest BCUT2D eigenvalue weighted by Crippen LogP contribution is -2.14. The molecule has 0 radical (unpaired) electrons. The summed E-state index contributed by atoms with van der Waals surface area (Å²) < 4.78 is 10.4. The number of ether oxygens (including phenoxy) is 2. The molecule has 1 rings (SSSR count). The van der Waals surface area contributed by atoms with E-state index in [1.54, 1.807) is 0 Å². The van der Waals surface area contributed by atoms with Crippen LogP contribution in [-0.2, 0) is 16.1 Å². The molecule has 1 N–H and O–H groups in total. The molecule has 0 spiro atoms. The number of benzene rings is 1. The molecule has 4 nitrogen and oxygen atoms in total. The molecule has 0 aliphatic carbocycles. The van der Waals surface area contributed by atoms with Crippen LogP contribution in [0.15, 0.2) is 24.3 Å². The van der Waals surface area contributed by atoms with Crippen molar-refractivity contribution in [3.63, 3.8) is 0 Å². The fourth-order valence-electron chi connectivity index (χ4n) is 2.07. The van der Waals surface area contributed by atoms with Crippen molar-refractivity contribution in [3.05, 3.63) is 29.8 Å². The predicted molar refractivity (Wildman–Crippen MR) is 84.4 cm³/mol. The van der Waals surface area contributed by atoms with Gasteiger partial charge in [0.05, 0.1) is 13.2 Å². The van der Waals surface area contributed by atoms with Gasteiger partial charge in [-0.05, 0) is 50.9 Å². The number of esters is 1. The van der Waals surface area contributed by atoms with Crippen LogP contribution in [0.4, 0.5) is 0 Å². The number of carbonyl (C=O) groups excluding carboxylic acids is 1. The van der Waals surface area contributed by atoms with Crippen LogP contribution in [-0.4, -0.2) is 25.7 Å². The van der Waals surface area contributed by atoms with Crippen LogP contribution in [0, 0.1) is 0 Å². The first-order chi connectivity index (χ1) is 10.3. The normalized spacial score (nSPS) is 10.4. The molecule has 0 saturated heterocycles. The van der Waals surface area contributed by atoms with Crippen molar-refractivity contribution in [2.75, 3.05) is 19.8 Å². The predicted octanol–water partition coefficient (Wildman–Crippen LogP) is 3.30. The largest absolute Gasteiger partial charge is 0.494 e. The Balaban J connectivity index is 2.06. The highest BCUT2D eigenvalue weighted by Gasteiger charge is 2.00. The van der Waals surface area contributed by atoms with E-state index >= 15 is 0 Å². The monoisotopic (exact) mass is 293 g/mol. The molecule has 0 heterocycles. The molecular formula is C17H27NO3. The molecule has 21 heavy (non-hydrogen) atoms. The number of nitrogens with one attached hydrogen (secondary N) is 1. The van der Waals surface area contributed by atoms with E-state index in [9.17, 15) is 4.79 Å². The van der Waals surface area contributed by atoms with Gasteiger partial charge in [0.15, 0.2) is 0 Å². The third-order valence-electron chi connectivity index (χ3n) is 3.08. The molecular weight excluding hydrogens is 266 g/mol. The SMILES string of the molecule is CCOC(=O)CCCCCNCc1cccc(OCC)c1. The van der Waals surface area contributed by atoms with Crippen molar-refractivity contribution < 1.29 is 14.3 Å². The van der Waals surface area contributed by atoms with Crippen LogP contribution in [0.2, 0.25) is 0 Å². The summed E-state index contributed by atoms with van der Waals surface area (Å²) >= 11 is 0. The average Bonchev–Trinajstić information content (AvgIpc) is 2.47.